The molecule has 1 N–H and O–H groups in total. The average Bonchev–Trinajstić information content (AvgIpc) is 3.14. The Morgan fingerprint density at radius 1 is 1.25 bits per heavy atom. The Kier molecular flexibility index (Phi) is 4.54. The third-order valence-electron chi connectivity index (χ3n) is 4.87. The fourth-order valence-corrected chi connectivity index (χ4v) is 3.57. The number of hydrogen-bond acceptors (Lipinski definition) is 5. The van der Waals surface area contributed by atoms with Gasteiger partial charge in [-0.1, -0.05) is 12.8 Å². The molecule has 1 atom stereocenters. The van der Waals surface area contributed by atoms with Crippen LogP contribution < -0.4 is 4.74 Å². The predicted octanol–water partition coefficient (Wildman–Crippen LogP) is 1.62. The Morgan fingerprint density at radius 3 is 2.54 bits per heavy atom. The standard InChI is InChI=1S/C18H20N2O4/c19-10-13-3-5-15(6-4-13)24-12-14(21)11-20-16(22)9-18(17(20)23)7-1-2-8-18/h3-6,14,21H,1-2,7-9,11-12H2. The normalized spacial score (nSPS) is 20.4. The molecule has 3 rings (SSSR count). The lowest BCUT2D eigenvalue weighted by molar-refractivity contribution is -0.143. The monoisotopic (exact) mass is 328 g/mol. The van der Waals surface area contributed by atoms with Crippen LogP contribution in [0.3, 0.4) is 0 Å². The summed E-state index contributed by atoms with van der Waals surface area (Å²) in [7, 11) is 0. The van der Waals surface area contributed by atoms with Crippen molar-refractivity contribution in [2.45, 2.75) is 38.2 Å². The van der Waals surface area contributed by atoms with Crippen LogP contribution in [0.15, 0.2) is 24.3 Å². The minimum absolute atomic E-state index is 0.0179. The molecule has 2 aliphatic rings. The van der Waals surface area contributed by atoms with Crippen molar-refractivity contribution in [3.8, 4) is 11.8 Å². The van der Waals surface area contributed by atoms with Crippen molar-refractivity contribution in [2.24, 2.45) is 5.41 Å². The maximum absolute atomic E-state index is 12.5. The highest BCUT2D eigenvalue weighted by Gasteiger charge is 2.52. The molecule has 1 aliphatic carbocycles. The van der Waals surface area contributed by atoms with E-state index in [1.165, 1.54) is 4.90 Å². The van der Waals surface area contributed by atoms with Gasteiger partial charge in [-0.2, -0.15) is 5.26 Å². The zero-order valence-electron chi connectivity index (χ0n) is 13.4. The van der Waals surface area contributed by atoms with Crippen molar-refractivity contribution in [1.82, 2.24) is 4.90 Å². The van der Waals surface area contributed by atoms with Gasteiger partial charge in [-0.25, -0.2) is 0 Å². The number of benzene rings is 1. The van der Waals surface area contributed by atoms with E-state index in [9.17, 15) is 14.7 Å². The van der Waals surface area contributed by atoms with Crippen molar-refractivity contribution in [2.75, 3.05) is 13.2 Å². The fraction of sp³-hybridized carbons (Fsp3) is 0.500. The van der Waals surface area contributed by atoms with Crippen LogP contribution in [0.4, 0.5) is 0 Å². The van der Waals surface area contributed by atoms with Gasteiger partial charge < -0.3 is 9.84 Å². The largest absolute Gasteiger partial charge is 0.491 e. The zero-order chi connectivity index (χ0) is 17.2. The minimum Gasteiger partial charge on any atom is -0.491 e. The second-order valence-electron chi connectivity index (χ2n) is 6.57. The maximum Gasteiger partial charge on any atom is 0.235 e. The Balaban J connectivity index is 1.54. The minimum atomic E-state index is -0.940. The number of amides is 2. The molecule has 6 nitrogen and oxygen atoms in total. The summed E-state index contributed by atoms with van der Waals surface area (Å²) < 4.78 is 5.46. The zero-order valence-corrected chi connectivity index (χ0v) is 13.4. The van der Waals surface area contributed by atoms with E-state index in [-0.39, 0.29) is 31.4 Å². The van der Waals surface area contributed by atoms with Crippen LogP contribution in [-0.4, -0.2) is 41.1 Å². The molecular formula is C18H20N2O4. The number of rotatable bonds is 5. The number of ether oxygens (including phenoxy) is 1. The van der Waals surface area contributed by atoms with E-state index in [0.717, 1.165) is 25.7 Å². The first kappa shape index (κ1) is 16.5. The molecule has 1 unspecified atom stereocenters. The molecule has 1 saturated carbocycles. The molecule has 1 saturated heterocycles. The molecule has 1 aliphatic heterocycles. The summed E-state index contributed by atoms with van der Waals surface area (Å²) in [5.74, 6) is 0.195. The van der Waals surface area contributed by atoms with Gasteiger partial charge in [0.1, 0.15) is 18.5 Å². The van der Waals surface area contributed by atoms with Crippen LogP contribution >= 0.6 is 0 Å². The SMILES string of the molecule is N#Cc1ccc(OCC(O)CN2C(=O)CC3(CCCC3)C2=O)cc1. The topological polar surface area (TPSA) is 90.6 Å². The molecule has 0 radical (unpaired) electrons. The number of hydrogen-bond donors (Lipinski definition) is 1. The Bertz CT molecular complexity index is 671. The first-order valence-electron chi connectivity index (χ1n) is 8.20. The highest BCUT2D eigenvalue weighted by Crippen LogP contribution is 2.46. The number of likely N-dealkylation sites (tertiary alicyclic amines) is 1. The molecular weight excluding hydrogens is 308 g/mol. The van der Waals surface area contributed by atoms with E-state index in [1.54, 1.807) is 24.3 Å². The fourth-order valence-electron chi connectivity index (χ4n) is 3.57. The van der Waals surface area contributed by atoms with E-state index >= 15 is 0 Å². The summed E-state index contributed by atoms with van der Waals surface area (Å²) in [6.45, 7) is -0.0499. The summed E-state index contributed by atoms with van der Waals surface area (Å²) in [4.78, 5) is 25.9. The van der Waals surface area contributed by atoms with Crippen molar-refractivity contribution in [3.05, 3.63) is 29.8 Å². The third-order valence-corrected chi connectivity index (χ3v) is 4.87. The lowest BCUT2D eigenvalue weighted by Gasteiger charge is -2.22. The number of carbonyl (C=O) groups excluding carboxylic acids is 2. The number of β-amino-alcohol motifs (C(OH)–C–C–N with tert-alkyl or cyclic N) is 1. The Labute approximate surface area is 140 Å². The van der Waals surface area contributed by atoms with Gasteiger partial charge >= 0.3 is 0 Å². The van der Waals surface area contributed by atoms with Gasteiger partial charge in [0.2, 0.25) is 11.8 Å². The van der Waals surface area contributed by atoms with Gasteiger partial charge in [-0.15, -0.1) is 0 Å². The number of aliphatic hydroxyl groups excluding tert-OH is 1. The van der Waals surface area contributed by atoms with E-state index in [4.69, 9.17) is 10.00 Å². The predicted molar refractivity (Wildman–Crippen MR) is 84.9 cm³/mol. The number of nitrogens with zero attached hydrogens (tertiary/aromatic N) is 2. The van der Waals surface area contributed by atoms with Crippen LogP contribution in [-0.2, 0) is 9.59 Å². The van der Waals surface area contributed by atoms with Crippen LogP contribution in [0, 0.1) is 16.7 Å². The summed E-state index contributed by atoms with van der Waals surface area (Å²) in [6, 6.07) is 8.55. The first-order valence-corrected chi connectivity index (χ1v) is 8.20. The van der Waals surface area contributed by atoms with E-state index in [1.807, 2.05) is 6.07 Å². The Morgan fingerprint density at radius 2 is 1.92 bits per heavy atom. The van der Waals surface area contributed by atoms with Crippen LogP contribution in [0.25, 0.3) is 0 Å². The van der Waals surface area contributed by atoms with Gasteiger partial charge in [0.25, 0.3) is 0 Å². The summed E-state index contributed by atoms with van der Waals surface area (Å²) >= 11 is 0. The lowest BCUT2D eigenvalue weighted by Crippen LogP contribution is -2.41. The lowest BCUT2D eigenvalue weighted by atomic mass is 9.84. The van der Waals surface area contributed by atoms with Gasteiger partial charge in [-0.3, -0.25) is 14.5 Å². The van der Waals surface area contributed by atoms with Crippen molar-refractivity contribution < 1.29 is 19.4 Å². The molecule has 6 heteroatoms. The maximum atomic E-state index is 12.5. The van der Waals surface area contributed by atoms with Crippen molar-refractivity contribution in [3.63, 3.8) is 0 Å². The number of carbonyl (C=O) groups is 2. The molecule has 1 spiro atoms. The molecule has 0 aromatic heterocycles. The van der Waals surface area contributed by atoms with E-state index in [0.29, 0.717) is 11.3 Å². The third kappa shape index (κ3) is 3.13. The number of aliphatic hydroxyl groups is 1. The molecule has 2 fully saturated rings. The van der Waals surface area contributed by atoms with Gasteiger partial charge in [-0.05, 0) is 37.1 Å². The van der Waals surface area contributed by atoms with Crippen LogP contribution in [0.2, 0.25) is 0 Å². The molecule has 1 aromatic carbocycles. The van der Waals surface area contributed by atoms with Gasteiger partial charge in [0.05, 0.1) is 23.6 Å². The molecule has 2 amide bonds. The van der Waals surface area contributed by atoms with E-state index in [2.05, 4.69) is 0 Å². The van der Waals surface area contributed by atoms with E-state index < -0.39 is 11.5 Å². The number of nitriles is 1. The molecule has 24 heavy (non-hydrogen) atoms. The quantitative estimate of drug-likeness (QED) is 0.829. The van der Waals surface area contributed by atoms with Crippen LogP contribution in [0.1, 0.15) is 37.7 Å². The van der Waals surface area contributed by atoms with Crippen molar-refractivity contribution in [1.29, 1.82) is 5.26 Å². The highest BCUT2D eigenvalue weighted by atomic mass is 16.5. The first-order chi connectivity index (χ1) is 11.5. The molecule has 0 bridgehead atoms. The molecule has 126 valence electrons. The number of imide groups is 1. The second kappa shape index (κ2) is 6.62. The summed E-state index contributed by atoms with van der Waals surface area (Å²) in [6.07, 6.45) is 2.84. The Hall–Kier alpha value is -2.39. The summed E-state index contributed by atoms with van der Waals surface area (Å²) in [5.41, 5.74) is 0.0168. The van der Waals surface area contributed by atoms with Gasteiger partial charge in [0.15, 0.2) is 0 Å². The highest BCUT2D eigenvalue weighted by molar-refractivity contribution is 6.06. The average molecular weight is 328 g/mol. The van der Waals surface area contributed by atoms with Gasteiger partial charge in [0, 0.05) is 6.42 Å². The van der Waals surface area contributed by atoms with Crippen LogP contribution in [0.5, 0.6) is 5.75 Å². The smallest absolute Gasteiger partial charge is 0.235 e. The molecule has 1 heterocycles. The van der Waals surface area contributed by atoms with Crippen molar-refractivity contribution >= 4 is 11.8 Å². The second-order valence-corrected chi connectivity index (χ2v) is 6.57. The molecule has 1 aromatic rings. The summed E-state index contributed by atoms with van der Waals surface area (Å²) in [5, 5.41) is 18.9.